The van der Waals surface area contributed by atoms with Gasteiger partial charge in [0.2, 0.25) is 5.96 Å². The van der Waals surface area contributed by atoms with Crippen LogP contribution in [0.2, 0.25) is 0 Å². The van der Waals surface area contributed by atoms with Crippen molar-refractivity contribution < 1.29 is 4.84 Å². The van der Waals surface area contributed by atoms with Crippen LogP contribution in [0.5, 0.6) is 0 Å². The van der Waals surface area contributed by atoms with E-state index in [2.05, 4.69) is 6.07 Å². The van der Waals surface area contributed by atoms with Gasteiger partial charge in [-0.15, -0.1) is 0 Å². The van der Waals surface area contributed by atoms with Crippen molar-refractivity contribution >= 4 is 5.96 Å². The minimum Gasteiger partial charge on any atom is -0.368 e. The number of guanidine groups is 1. The lowest BCUT2D eigenvalue weighted by atomic mass is 10.1. The summed E-state index contributed by atoms with van der Waals surface area (Å²) in [5.41, 5.74) is 7.83. The molecular formula is C10H13N3O. The fraction of sp³-hybridized carbons (Fsp3) is 0.300. The van der Waals surface area contributed by atoms with Crippen molar-refractivity contribution in [1.29, 1.82) is 5.41 Å². The maximum Gasteiger partial charge on any atom is 0.213 e. The van der Waals surface area contributed by atoms with Gasteiger partial charge in [0.15, 0.2) is 0 Å². The number of nitrogens with one attached hydrogen (secondary N) is 1. The normalized spacial score (nSPS) is 15.9. The molecule has 0 bridgehead atoms. The third-order valence-electron chi connectivity index (χ3n) is 2.32. The quantitative estimate of drug-likeness (QED) is 0.472. The van der Waals surface area contributed by atoms with Crippen LogP contribution in [-0.2, 0) is 17.8 Å². The van der Waals surface area contributed by atoms with Gasteiger partial charge in [0, 0.05) is 0 Å². The van der Waals surface area contributed by atoms with Crippen molar-refractivity contribution in [3.63, 3.8) is 0 Å². The molecule has 0 saturated carbocycles. The molecule has 1 aliphatic heterocycles. The molecule has 74 valence electrons. The number of fused-ring (bicyclic) bond motifs is 1. The molecule has 14 heavy (non-hydrogen) atoms. The fourth-order valence-corrected chi connectivity index (χ4v) is 1.58. The van der Waals surface area contributed by atoms with Gasteiger partial charge >= 0.3 is 0 Å². The molecule has 0 fully saturated rings. The Hall–Kier alpha value is -1.55. The topological polar surface area (TPSA) is 62.3 Å². The Balaban J connectivity index is 2.26. The Bertz CT molecular complexity index is 351. The van der Waals surface area contributed by atoms with Crippen LogP contribution in [-0.4, -0.2) is 17.6 Å². The van der Waals surface area contributed by atoms with E-state index in [0.717, 1.165) is 6.42 Å². The van der Waals surface area contributed by atoms with Crippen molar-refractivity contribution in [3.8, 4) is 0 Å². The summed E-state index contributed by atoms with van der Waals surface area (Å²) >= 11 is 0. The van der Waals surface area contributed by atoms with E-state index >= 15 is 0 Å². The van der Waals surface area contributed by atoms with Crippen LogP contribution in [0.3, 0.4) is 0 Å². The number of hydrogen-bond acceptors (Lipinski definition) is 2. The van der Waals surface area contributed by atoms with E-state index in [9.17, 15) is 0 Å². The van der Waals surface area contributed by atoms with E-state index in [1.807, 2.05) is 18.2 Å². The average Bonchev–Trinajstić information content (AvgIpc) is 2.39. The summed E-state index contributed by atoms with van der Waals surface area (Å²) in [6.07, 6.45) is 0.875. The number of nitrogens with two attached hydrogens (primary N) is 1. The standard InChI is InChI=1S/C10H13N3O/c11-10(12)13-7-9-4-2-1-3-8(9)5-6-14-13/h1-4H,5-7H2,(H3,11,12). The third-order valence-corrected chi connectivity index (χ3v) is 2.32. The van der Waals surface area contributed by atoms with Crippen molar-refractivity contribution in [1.82, 2.24) is 5.06 Å². The second-order valence-electron chi connectivity index (χ2n) is 3.27. The zero-order chi connectivity index (χ0) is 9.97. The van der Waals surface area contributed by atoms with Gasteiger partial charge in [0.05, 0.1) is 13.2 Å². The SMILES string of the molecule is N=C(N)N1Cc2ccccc2CCO1. The molecule has 0 aromatic heterocycles. The molecule has 4 nitrogen and oxygen atoms in total. The number of hydroxylamine groups is 2. The molecule has 1 heterocycles. The highest BCUT2D eigenvalue weighted by Gasteiger charge is 2.14. The highest BCUT2D eigenvalue weighted by molar-refractivity contribution is 5.73. The first-order valence-electron chi connectivity index (χ1n) is 4.58. The van der Waals surface area contributed by atoms with E-state index in [4.69, 9.17) is 16.0 Å². The average molecular weight is 191 g/mol. The number of rotatable bonds is 0. The van der Waals surface area contributed by atoms with Crippen LogP contribution < -0.4 is 5.73 Å². The van der Waals surface area contributed by atoms with Crippen LogP contribution in [0.15, 0.2) is 24.3 Å². The van der Waals surface area contributed by atoms with Gasteiger partial charge in [-0.25, -0.2) is 5.06 Å². The number of benzene rings is 1. The van der Waals surface area contributed by atoms with Crippen molar-refractivity contribution in [2.24, 2.45) is 5.73 Å². The first-order chi connectivity index (χ1) is 6.77. The van der Waals surface area contributed by atoms with Crippen LogP contribution >= 0.6 is 0 Å². The first kappa shape index (κ1) is 9.02. The van der Waals surface area contributed by atoms with E-state index in [1.165, 1.54) is 16.2 Å². The molecule has 1 aliphatic rings. The summed E-state index contributed by atoms with van der Waals surface area (Å²) in [5, 5.41) is 8.73. The molecule has 3 N–H and O–H groups in total. The van der Waals surface area contributed by atoms with E-state index < -0.39 is 0 Å². The molecule has 1 aromatic carbocycles. The third kappa shape index (κ3) is 1.70. The first-order valence-corrected chi connectivity index (χ1v) is 4.58. The van der Waals surface area contributed by atoms with Gasteiger partial charge in [0.1, 0.15) is 0 Å². The summed E-state index contributed by atoms with van der Waals surface area (Å²) in [4.78, 5) is 5.33. The molecule has 0 unspecified atom stereocenters. The highest BCUT2D eigenvalue weighted by atomic mass is 16.7. The molecule has 2 rings (SSSR count). The van der Waals surface area contributed by atoms with Gasteiger partial charge in [-0.3, -0.25) is 10.2 Å². The van der Waals surface area contributed by atoms with Gasteiger partial charge in [-0.2, -0.15) is 0 Å². The molecule has 0 radical (unpaired) electrons. The molecule has 0 atom stereocenters. The van der Waals surface area contributed by atoms with Crippen LogP contribution in [0, 0.1) is 5.41 Å². The Kier molecular flexibility index (Phi) is 2.37. The lowest BCUT2D eigenvalue weighted by molar-refractivity contribution is -0.102. The summed E-state index contributed by atoms with van der Waals surface area (Å²) in [5.74, 6) is -0.0401. The fourth-order valence-electron chi connectivity index (χ4n) is 1.58. The van der Waals surface area contributed by atoms with Gasteiger partial charge < -0.3 is 5.73 Å². The van der Waals surface area contributed by atoms with E-state index in [1.54, 1.807) is 0 Å². The Morgan fingerprint density at radius 1 is 1.36 bits per heavy atom. The lowest BCUT2D eigenvalue weighted by Gasteiger charge is -2.18. The smallest absolute Gasteiger partial charge is 0.213 e. The zero-order valence-corrected chi connectivity index (χ0v) is 7.86. The predicted octanol–water partition coefficient (Wildman–Crippen LogP) is 0.870. The Morgan fingerprint density at radius 3 is 2.79 bits per heavy atom. The summed E-state index contributed by atoms with van der Waals surface area (Å²) in [6.45, 7) is 1.14. The van der Waals surface area contributed by atoms with Gasteiger partial charge in [0.25, 0.3) is 0 Å². The maximum atomic E-state index is 7.31. The molecule has 0 aliphatic carbocycles. The molecule has 1 aromatic rings. The second-order valence-corrected chi connectivity index (χ2v) is 3.27. The van der Waals surface area contributed by atoms with Gasteiger partial charge in [-0.05, 0) is 17.5 Å². The largest absolute Gasteiger partial charge is 0.368 e. The van der Waals surface area contributed by atoms with E-state index in [-0.39, 0.29) is 5.96 Å². The maximum absolute atomic E-state index is 7.31. The number of nitrogens with zero attached hydrogens (tertiary/aromatic N) is 1. The van der Waals surface area contributed by atoms with Crippen molar-refractivity contribution in [3.05, 3.63) is 35.4 Å². The van der Waals surface area contributed by atoms with Crippen LogP contribution in [0.4, 0.5) is 0 Å². The monoisotopic (exact) mass is 191 g/mol. The summed E-state index contributed by atoms with van der Waals surface area (Å²) in [7, 11) is 0. The second kappa shape index (κ2) is 3.67. The van der Waals surface area contributed by atoms with Crippen molar-refractivity contribution in [2.75, 3.05) is 6.61 Å². The van der Waals surface area contributed by atoms with Gasteiger partial charge in [-0.1, -0.05) is 24.3 Å². The highest BCUT2D eigenvalue weighted by Crippen LogP contribution is 2.16. The Morgan fingerprint density at radius 2 is 2.07 bits per heavy atom. The van der Waals surface area contributed by atoms with Crippen molar-refractivity contribution in [2.45, 2.75) is 13.0 Å². The van der Waals surface area contributed by atoms with E-state index in [0.29, 0.717) is 13.2 Å². The number of hydrogen-bond donors (Lipinski definition) is 2. The lowest BCUT2D eigenvalue weighted by Crippen LogP contribution is -2.35. The predicted molar refractivity (Wildman–Crippen MR) is 53.6 cm³/mol. The summed E-state index contributed by atoms with van der Waals surface area (Å²) < 4.78 is 0. The van der Waals surface area contributed by atoms with Crippen LogP contribution in [0.1, 0.15) is 11.1 Å². The molecule has 4 heteroatoms. The molecule has 0 amide bonds. The summed E-state index contributed by atoms with van der Waals surface area (Å²) in [6, 6.07) is 8.13. The van der Waals surface area contributed by atoms with Crippen LogP contribution in [0.25, 0.3) is 0 Å². The molecular weight excluding hydrogens is 178 g/mol. The minimum absolute atomic E-state index is 0.0401. The molecule has 0 spiro atoms. The zero-order valence-electron chi connectivity index (χ0n) is 7.86. The minimum atomic E-state index is -0.0401. The molecule has 0 saturated heterocycles. The Labute approximate surface area is 82.7 Å².